The molecule has 2 atom stereocenters. The smallest absolute Gasteiger partial charge is 0.211 e. The monoisotopic (exact) mass is 253 g/mol. The molecule has 0 saturated heterocycles. The SMILES string of the molecule is CCCS(=O)(=O)NC1CCCCCC1Cl. The van der Waals surface area contributed by atoms with Crippen molar-refractivity contribution in [2.75, 3.05) is 5.75 Å². The molecule has 1 saturated carbocycles. The highest BCUT2D eigenvalue weighted by molar-refractivity contribution is 7.89. The molecule has 0 radical (unpaired) electrons. The average Bonchev–Trinajstić information content (AvgIpc) is 2.31. The van der Waals surface area contributed by atoms with E-state index in [2.05, 4.69) is 4.72 Å². The lowest BCUT2D eigenvalue weighted by Gasteiger charge is -2.20. The summed E-state index contributed by atoms with van der Waals surface area (Å²) in [6.07, 6.45) is 5.78. The molecule has 0 bridgehead atoms. The van der Waals surface area contributed by atoms with Crippen molar-refractivity contribution >= 4 is 21.6 Å². The fraction of sp³-hybridized carbons (Fsp3) is 1.00. The van der Waals surface area contributed by atoms with Crippen molar-refractivity contribution in [1.29, 1.82) is 0 Å². The van der Waals surface area contributed by atoms with E-state index in [4.69, 9.17) is 11.6 Å². The Morgan fingerprint density at radius 1 is 1.27 bits per heavy atom. The Hall–Kier alpha value is 0.200. The average molecular weight is 254 g/mol. The zero-order valence-corrected chi connectivity index (χ0v) is 10.8. The molecule has 1 fully saturated rings. The van der Waals surface area contributed by atoms with Crippen LogP contribution >= 0.6 is 11.6 Å². The summed E-state index contributed by atoms with van der Waals surface area (Å²) in [5.41, 5.74) is 0. The molecule has 0 aromatic rings. The molecule has 5 heteroatoms. The van der Waals surface area contributed by atoms with Crippen LogP contribution in [0.3, 0.4) is 0 Å². The summed E-state index contributed by atoms with van der Waals surface area (Å²) >= 11 is 6.17. The molecular formula is C10H20ClNO2S. The van der Waals surface area contributed by atoms with Crippen molar-refractivity contribution in [3.8, 4) is 0 Å². The van der Waals surface area contributed by atoms with Gasteiger partial charge in [-0.15, -0.1) is 11.6 Å². The lowest BCUT2D eigenvalue weighted by molar-refractivity contribution is 0.513. The number of rotatable bonds is 4. The molecule has 0 amide bonds. The second-order valence-corrected chi connectivity index (χ2v) is 6.63. The Kier molecular flexibility index (Phi) is 5.36. The first-order valence-electron chi connectivity index (χ1n) is 5.69. The van der Waals surface area contributed by atoms with Gasteiger partial charge in [0.05, 0.1) is 5.75 Å². The van der Waals surface area contributed by atoms with Gasteiger partial charge in [-0.3, -0.25) is 0 Å². The summed E-state index contributed by atoms with van der Waals surface area (Å²) < 4.78 is 25.9. The summed E-state index contributed by atoms with van der Waals surface area (Å²) in [5, 5.41) is -0.0425. The summed E-state index contributed by atoms with van der Waals surface area (Å²) in [6, 6.07) is -0.0642. The minimum Gasteiger partial charge on any atom is -0.212 e. The maximum Gasteiger partial charge on any atom is 0.211 e. The third-order valence-electron chi connectivity index (χ3n) is 2.74. The topological polar surface area (TPSA) is 46.2 Å². The molecule has 2 unspecified atom stereocenters. The summed E-state index contributed by atoms with van der Waals surface area (Å²) in [6.45, 7) is 1.87. The van der Waals surface area contributed by atoms with Crippen LogP contribution in [0.25, 0.3) is 0 Å². The molecule has 90 valence electrons. The molecular weight excluding hydrogens is 234 g/mol. The highest BCUT2D eigenvalue weighted by Crippen LogP contribution is 2.22. The van der Waals surface area contributed by atoms with Crippen molar-refractivity contribution in [3.63, 3.8) is 0 Å². The normalized spacial score (nSPS) is 28.7. The van der Waals surface area contributed by atoms with Crippen LogP contribution in [-0.4, -0.2) is 25.6 Å². The van der Waals surface area contributed by atoms with Crippen molar-refractivity contribution in [3.05, 3.63) is 0 Å². The third-order valence-corrected chi connectivity index (χ3v) is 4.87. The van der Waals surface area contributed by atoms with Gasteiger partial charge in [-0.05, 0) is 19.3 Å². The molecule has 0 aromatic heterocycles. The van der Waals surface area contributed by atoms with Gasteiger partial charge in [-0.25, -0.2) is 13.1 Å². The Balaban J connectivity index is 2.54. The maximum atomic E-state index is 11.6. The van der Waals surface area contributed by atoms with Crippen LogP contribution in [0.15, 0.2) is 0 Å². The van der Waals surface area contributed by atoms with Gasteiger partial charge < -0.3 is 0 Å². The minimum atomic E-state index is -3.11. The lowest BCUT2D eigenvalue weighted by atomic mass is 10.1. The summed E-state index contributed by atoms with van der Waals surface area (Å²) in [5.74, 6) is 0.201. The van der Waals surface area contributed by atoms with E-state index in [-0.39, 0.29) is 17.2 Å². The zero-order valence-electron chi connectivity index (χ0n) is 9.21. The van der Waals surface area contributed by atoms with Crippen LogP contribution in [0.1, 0.15) is 45.4 Å². The number of hydrogen-bond donors (Lipinski definition) is 1. The van der Waals surface area contributed by atoms with E-state index in [1.54, 1.807) is 0 Å². The van der Waals surface area contributed by atoms with Gasteiger partial charge in [0.25, 0.3) is 0 Å². The Labute approximate surface area is 97.6 Å². The predicted octanol–water partition coefficient (Wildman–Crippen LogP) is 2.26. The van der Waals surface area contributed by atoms with Crippen LogP contribution in [0, 0.1) is 0 Å². The largest absolute Gasteiger partial charge is 0.212 e. The first-order valence-corrected chi connectivity index (χ1v) is 7.78. The van der Waals surface area contributed by atoms with E-state index in [1.807, 2.05) is 6.92 Å². The fourth-order valence-corrected chi connectivity index (χ4v) is 3.77. The Morgan fingerprint density at radius 3 is 2.60 bits per heavy atom. The van der Waals surface area contributed by atoms with E-state index in [0.717, 1.165) is 32.1 Å². The second-order valence-electron chi connectivity index (χ2n) is 4.20. The third kappa shape index (κ3) is 4.70. The van der Waals surface area contributed by atoms with E-state index < -0.39 is 10.0 Å². The van der Waals surface area contributed by atoms with E-state index in [9.17, 15) is 8.42 Å². The van der Waals surface area contributed by atoms with Gasteiger partial charge in [0.15, 0.2) is 0 Å². The van der Waals surface area contributed by atoms with Crippen LogP contribution in [0.4, 0.5) is 0 Å². The first kappa shape index (κ1) is 13.3. The van der Waals surface area contributed by atoms with Gasteiger partial charge >= 0.3 is 0 Å². The number of hydrogen-bond acceptors (Lipinski definition) is 2. The molecule has 1 rings (SSSR count). The highest BCUT2D eigenvalue weighted by Gasteiger charge is 2.25. The van der Waals surface area contributed by atoms with Crippen molar-refractivity contribution in [1.82, 2.24) is 4.72 Å². The highest BCUT2D eigenvalue weighted by atomic mass is 35.5. The van der Waals surface area contributed by atoms with E-state index in [1.165, 1.54) is 0 Å². The van der Waals surface area contributed by atoms with Crippen LogP contribution in [0.2, 0.25) is 0 Å². The van der Waals surface area contributed by atoms with Gasteiger partial charge in [0.1, 0.15) is 0 Å². The van der Waals surface area contributed by atoms with Crippen molar-refractivity contribution < 1.29 is 8.42 Å². The maximum absolute atomic E-state index is 11.6. The minimum absolute atomic E-state index is 0.0425. The number of alkyl halides is 1. The molecule has 1 N–H and O–H groups in total. The number of sulfonamides is 1. The van der Waals surface area contributed by atoms with Crippen molar-refractivity contribution in [2.45, 2.75) is 56.9 Å². The molecule has 0 heterocycles. The Morgan fingerprint density at radius 2 is 1.93 bits per heavy atom. The standard InChI is InChI=1S/C10H20ClNO2S/c1-2-8-15(13,14)12-10-7-5-3-4-6-9(10)11/h9-10,12H,2-8H2,1H3. The second kappa shape index (κ2) is 6.06. The molecule has 0 aromatic carbocycles. The van der Waals surface area contributed by atoms with E-state index in [0.29, 0.717) is 6.42 Å². The lowest BCUT2D eigenvalue weighted by Crippen LogP contribution is -2.41. The summed E-state index contributed by atoms with van der Waals surface area (Å²) in [4.78, 5) is 0. The molecule has 0 spiro atoms. The van der Waals surface area contributed by atoms with Crippen LogP contribution in [0.5, 0.6) is 0 Å². The molecule has 1 aliphatic rings. The van der Waals surface area contributed by atoms with Crippen molar-refractivity contribution in [2.24, 2.45) is 0 Å². The molecule has 15 heavy (non-hydrogen) atoms. The van der Waals surface area contributed by atoms with Gasteiger partial charge in [0, 0.05) is 11.4 Å². The fourth-order valence-electron chi connectivity index (χ4n) is 1.95. The predicted molar refractivity (Wildman–Crippen MR) is 63.7 cm³/mol. The quantitative estimate of drug-likeness (QED) is 0.617. The van der Waals surface area contributed by atoms with E-state index >= 15 is 0 Å². The zero-order chi connectivity index (χ0) is 11.3. The first-order chi connectivity index (χ1) is 7.05. The molecule has 0 aliphatic heterocycles. The van der Waals surface area contributed by atoms with Gasteiger partial charge in [0.2, 0.25) is 10.0 Å². The van der Waals surface area contributed by atoms with Gasteiger partial charge in [-0.2, -0.15) is 0 Å². The van der Waals surface area contributed by atoms with Crippen LogP contribution < -0.4 is 4.72 Å². The number of halogens is 1. The van der Waals surface area contributed by atoms with Crippen LogP contribution in [-0.2, 0) is 10.0 Å². The van der Waals surface area contributed by atoms with Gasteiger partial charge in [-0.1, -0.05) is 26.2 Å². The molecule has 3 nitrogen and oxygen atoms in total. The summed E-state index contributed by atoms with van der Waals surface area (Å²) in [7, 11) is -3.11. The Bertz CT molecular complexity index is 279. The molecule has 1 aliphatic carbocycles. The number of nitrogens with one attached hydrogen (secondary N) is 1.